The van der Waals surface area contributed by atoms with E-state index in [9.17, 15) is 0 Å². The van der Waals surface area contributed by atoms with Crippen molar-refractivity contribution in [2.75, 3.05) is 0 Å². The average molecular weight is 274 g/mol. The highest BCUT2D eigenvalue weighted by Gasteiger charge is 2.23. The third-order valence-electron chi connectivity index (χ3n) is 5.46. The lowest BCUT2D eigenvalue weighted by atomic mass is 9.75. The summed E-state index contributed by atoms with van der Waals surface area (Å²) in [6.45, 7) is 4.77. The van der Waals surface area contributed by atoms with Crippen LogP contribution in [0.4, 0.5) is 0 Å². The minimum absolute atomic E-state index is 0.889. The Morgan fingerprint density at radius 2 is 1.90 bits per heavy atom. The van der Waals surface area contributed by atoms with E-state index in [-0.39, 0.29) is 0 Å². The van der Waals surface area contributed by atoms with Gasteiger partial charge in [0.25, 0.3) is 0 Å². The number of hydrogen-bond donors (Lipinski definition) is 0. The van der Waals surface area contributed by atoms with Crippen LogP contribution >= 0.6 is 0 Å². The van der Waals surface area contributed by atoms with Gasteiger partial charge in [-0.25, -0.2) is 0 Å². The van der Waals surface area contributed by atoms with Crippen molar-refractivity contribution in [3.8, 4) is 0 Å². The Morgan fingerprint density at radius 3 is 2.55 bits per heavy atom. The second-order valence-electron chi connectivity index (χ2n) is 7.23. The molecule has 2 rings (SSSR count). The molecule has 20 heavy (non-hydrogen) atoms. The van der Waals surface area contributed by atoms with E-state index in [1.165, 1.54) is 70.6 Å². The Hall–Kier alpha value is -0.520. The average Bonchev–Trinajstić information content (AvgIpc) is 2.52. The molecule has 0 amide bonds. The summed E-state index contributed by atoms with van der Waals surface area (Å²) in [5.74, 6) is 2.88. The molecule has 0 radical (unpaired) electrons. The third-order valence-corrected chi connectivity index (χ3v) is 5.46. The van der Waals surface area contributed by atoms with Gasteiger partial charge in [-0.15, -0.1) is 0 Å². The fraction of sp³-hybridized carbons (Fsp3) is 0.800. The van der Waals surface area contributed by atoms with Crippen molar-refractivity contribution in [1.82, 2.24) is 0 Å². The van der Waals surface area contributed by atoms with Crippen LogP contribution in [0, 0.1) is 17.8 Å². The van der Waals surface area contributed by atoms with Gasteiger partial charge in [-0.1, -0.05) is 64.2 Å². The molecule has 1 atom stereocenters. The molecule has 0 saturated heterocycles. The van der Waals surface area contributed by atoms with Crippen molar-refractivity contribution in [2.45, 2.75) is 84.5 Å². The van der Waals surface area contributed by atoms with Gasteiger partial charge in [0.05, 0.1) is 0 Å². The van der Waals surface area contributed by atoms with E-state index in [1.807, 2.05) is 0 Å². The Kier molecular flexibility index (Phi) is 6.90. The first-order chi connectivity index (χ1) is 9.79. The molecule has 1 fully saturated rings. The fourth-order valence-corrected chi connectivity index (χ4v) is 3.94. The molecule has 0 aromatic heterocycles. The standard InChI is InChI=1S/C20H34/c1-3-4-8-17(2)11-12-18-13-15-20(16-14-18)19-9-6-5-7-10-19/h6,9-10,17-18,20H,3-5,7-8,11-16H2,1-2H3. The van der Waals surface area contributed by atoms with Crippen molar-refractivity contribution in [2.24, 2.45) is 17.8 Å². The van der Waals surface area contributed by atoms with Crippen LogP contribution in [0.3, 0.4) is 0 Å². The quantitative estimate of drug-likeness (QED) is 0.486. The lowest BCUT2D eigenvalue weighted by Crippen LogP contribution is -2.17. The van der Waals surface area contributed by atoms with Crippen LogP contribution in [0.1, 0.15) is 84.5 Å². The smallest absolute Gasteiger partial charge is 0.0165 e. The monoisotopic (exact) mass is 274 g/mol. The maximum absolute atomic E-state index is 2.50. The molecule has 0 aliphatic heterocycles. The second-order valence-corrected chi connectivity index (χ2v) is 7.23. The summed E-state index contributed by atoms with van der Waals surface area (Å²) in [5, 5.41) is 0. The van der Waals surface area contributed by atoms with Gasteiger partial charge in [0.15, 0.2) is 0 Å². The third kappa shape index (κ3) is 5.11. The molecule has 2 aliphatic rings. The maximum atomic E-state index is 2.50. The Bertz CT molecular complexity index is 315. The van der Waals surface area contributed by atoms with Crippen molar-refractivity contribution in [3.05, 3.63) is 23.8 Å². The van der Waals surface area contributed by atoms with Gasteiger partial charge in [0.1, 0.15) is 0 Å². The normalized spacial score (nSPS) is 28.2. The fourth-order valence-electron chi connectivity index (χ4n) is 3.94. The molecule has 1 saturated carbocycles. The van der Waals surface area contributed by atoms with Gasteiger partial charge in [-0.3, -0.25) is 0 Å². The summed E-state index contributed by atoms with van der Waals surface area (Å²) in [6, 6.07) is 0. The van der Waals surface area contributed by atoms with Crippen LogP contribution in [0.2, 0.25) is 0 Å². The van der Waals surface area contributed by atoms with Crippen molar-refractivity contribution < 1.29 is 0 Å². The van der Waals surface area contributed by atoms with Crippen molar-refractivity contribution in [3.63, 3.8) is 0 Å². The first-order valence-corrected chi connectivity index (χ1v) is 9.16. The highest BCUT2D eigenvalue weighted by atomic mass is 14.3. The highest BCUT2D eigenvalue weighted by Crippen LogP contribution is 2.37. The molecule has 0 heteroatoms. The molecule has 0 heterocycles. The Morgan fingerprint density at radius 1 is 1.10 bits per heavy atom. The lowest BCUT2D eigenvalue weighted by Gasteiger charge is -2.30. The van der Waals surface area contributed by atoms with E-state index in [2.05, 4.69) is 32.1 Å². The Balaban J connectivity index is 1.64. The van der Waals surface area contributed by atoms with Crippen LogP contribution in [0.25, 0.3) is 0 Å². The zero-order valence-electron chi connectivity index (χ0n) is 13.7. The van der Waals surface area contributed by atoms with Crippen LogP contribution in [-0.2, 0) is 0 Å². The van der Waals surface area contributed by atoms with Crippen LogP contribution in [0.5, 0.6) is 0 Å². The van der Waals surface area contributed by atoms with E-state index in [1.54, 1.807) is 5.57 Å². The number of rotatable bonds is 7. The maximum Gasteiger partial charge on any atom is -0.0165 e. The molecule has 114 valence electrons. The van der Waals surface area contributed by atoms with Crippen molar-refractivity contribution >= 4 is 0 Å². The largest absolute Gasteiger partial charge is 0.0840 e. The van der Waals surface area contributed by atoms with E-state index < -0.39 is 0 Å². The van der Waals surface area contributed by atoms with E-state index in [0.717, 1.165) is 17.8 Å². The predicted octanol–water partition coefficient (Wildman–Crippen LogP) is 6.68. The van der Waals surface area contributed by atoms with E-state index in [4.69, 9.17) is 0 Å². The molecule has 0 N–H and O–H groups in total. The molecular formula is C20H34. The molecule has 0 bridgehead atoms. The van der Waals surface area contributed by atoms with Gasteiger partial charge in [-0.2, -0.15) is 0 Å². The first kappa shape index (κ1) is 15.9. The van der Waals surface area contributed by atoms with Gasteiger partial charge in [0, 0.05) is 0 Å². The second kappa shape index (κ2) is 8.70. The lowest BCUT2D eigenvalue weighted by molar-refractivity contribution is 0.270. The van der Waals surface area contributed by atoms with E-state index in [0.29, 0.717) is 0 Å². The molecule has 0 spiro atoms. The summed E-state index contributed by atoms with van der Waals surface area (Å²) in [4.78, 5) is 0. The van der Waals surface area contributed by atoms with Crippen molar-refractivity contribution in [1.29, 1.82) is 0 Å². The van der Waals surface area contributed by atoms with Gasteiger partial charge in [0.2, 0.25) is 0 Å². The molecule has 0 aromatic carbocycles. The van der Waals surface area contributed by atoms with Crippen LogP contribution < -0.4 is 0 Å². The minimum atomic E-state index is 0.889. The topological polar surface area (TPSA) is 0 Å². The SMILES string of the molecule is CCCCC(C)CCC1CCC(C2=CCCC=C2)CC1. The highest BCUT2D eigenvalue weighted by molar-refractivity contribution is 5.25. The number of hydrogen-bond acceptors (Lipinski definition) is 0. The zero-order chi connectivity index (χ0) is 14.2. The first-order valence-electron chi connectivity index (χ1n) is 9.16. The predicted molar refractivity (Wildman–Crippen MR) is 89.8 cm³/mol. The molecule has 0 nitrogen and oxygen atoms in total. The summed E-state index contributed by atoms with van der Waals surface area (Å²) in [6.07, 6.45) is 22.9. The summed E-state index contributed by atoms with van der Waals surface area (Å²) in [5.41, 5.74) is 1.66. The Labute approximate surface area is 126 Å². The summed E-state index contributed by atoms with van der Waals surface area (Å²) < 4.78 is 0. The molecule has 2 aliphatic carbocycles. The van der Waals surface area contributed by atoms with Gasteiger partial charge >= 0.3 is 0 Å². The summed E-state index contributed by atoms with van der Waals surface area (Å²) in [7, 11) is 0. The summed E-state index contributed by atoms with van der Waals surface area (Å²) >= 11 is 0. The zero-order valence-corrected chi connectivity index (χ0v) is 13.7. The van der Waals surface area contributed by atoms with Gasteiger partial charge < -0.3 is 0 Å². The molecular weight excluding hydrogens is 240 g/mol. The van der Waals surface area contributed by atoms with Crippen LogP contribution in [-0.4, -0.2) is 0 Å². The number of unbranched alkanes of at least 4 members (excludes halogenated alkanes) is 1. The minimum Gasteiger partial charge on any atom is -0.0840 e. The number of allylic oxidation sites excluding steroid dienone is 4. The molecule has 1 unspecified atom stereocenters. The molecule has 0 aromatic rings. The van der Waals surface area contributed by atoms with Gasteiger partial charge in [-0.05, 0) is 61.9 Å². The van der Waals surface area contributed by atoms with Crippen LogP contribution in [0.15, 0.2) is 23.8 Å². The van der Waals surface area contributed by atoms with E-state index >= 15 is 0 Å².